The molecule has 2 aromatic heterocycles. The molecule has 148 valence electrons. The normalized spacial score (nSPS) is 19.8. The SMILES string of the molecule is C[C@@H]1C[C@@H](c2ccc(C#N)c3ncccc23)CN(CC(=O)Nc2cnn(C)c2)C1. The maximum atomic E-state index is 12.5. The van der Waals surface area contributed by atoms with E-state index in [9.17, 15) is 10.1 Å². The lowest BCUT2D eigenvalue weighted by atomic mass is 9.83. The Kier molecular flexibility index (Phi) is 5.28. The summed E-state index contributed by atoms with van der Waals surface area (Å²) in [5, 5.41) is 17.4. The van der Waals surface area contributed by atoms with Gasteiger partial charge in [-0.05, 0) is 36.0 Å². The number of pyridine rings is 1. The highest BCUT2D eigenvalue weighted by Crippen LogP contribution is 2.34. The summed E-state index contributed by atoms with van der Waals surface area (Å²) in [5.41, 5.74) is 3.27. The molecule has 1 amide bonds. The van der Waals surface area contributed by atoms with Gasteiger partial charge in [0.2, 0.25) is 5.91 Å². The molecule has 29 heavy (non-hydrogen) atoms. The summed E-state index contributed by atoms with van der Waals surface area (Å²) in [7, 11) is 1.82. The number of likely N-dealkylation sites (tertiary alicyclic amines) is 1. The number of carbonyl (C=O) groups excluding carboxylic acids is 1. The van der Waals surface area contributed by atoms with Gasteiger partial charge in [-0.15, -0.1) is 0 Å². The summed E-state index contributed by atoms with van der Waals surface area (Å²) in [6.45, 7) is 4.27. The van der Waals surface area contributed by atoms with Gasteiger partial charge in [-0.1, -0.05) is 19.1 Å². The van der Waals surface area contributed by atoms with Crippen molar-refractivity contribution in [3.63, 3.8) is 0 Å². The summed E-state index contributed by atoms with van der Waals surface area (Å²) >= 11 is 0. The van der Waals surface area contributed by atoms with E-state index in [0.717, 1.165) is 30.4 Å². The second-order valence-electron chi connectivity index (χ2n) is 7.90. The van der Waals surface area contributed by atoms with Crippen LogP contribution < -0.4 is 5.32 Å². The van der Waals surface area contributed by atoms with E-state index in [1.165, 1.54) is 5.56 Å². The van der Waals surface area contributed by atoms with Crippen molar-refractivity contribution in [1.29, 1.82) is 5.26 Å². The van der Waals surface area contributed by atoms with Gasteiger partial charge in [0.15, 0.2) is 0 Å². The molecule has 7 nitrogen and oxygen atoms in total. The number of carbonyl (C=O) groups is 1. The number of nitrogens with one attached hydrogen (secondary N) is 1. The van der Waals surface area contributed by atoms with Crippen LogP contribution in [0.1, 0.15) is 30.4 Å². The molecule has 1 aromatic carbocycles. The fraction of sp³-hybridized carbons (Fsp3) is 0.364. The Morgan fingerprint density at radius 3 is 2.97 bits per heavy atom. The van der Waals surface area contributed by atoms with E-state index in [-0.39, 0.29) is 5.91 Å². The average Bonchev–Trinajstić information content (AvgIpc) is 3.11. The highest BCUT2D eigenvalue weighted by molar-refractivity contribution is 5.92. The van der Waals surface area contributed by atoms with Gasteiger partial charge in [-0.3, -0.25) is 19.4 Å². The largest absolute Gasteiger partial charge is 0.322 e. The van der Waals surface area contributed by atoms with Crippen LogP contribution in [0.4, 0.5) is 5.69 Å². The zero-order valence-electron chi connectivity index (χ0n) is 16.7. The number of fused-ring (bicyclic) bond motifs is 1. The van der Waals surface area contributed by atoms with Gasteiger partial charge in [0, 0.05) is 37.9 Å². The Labute approximate surface area is 170 Å². The number of rotatable bonds is 4. The molecule has 2 atom stereocenters. The van der Waals surface area contributed by atoms with Crippen molar-refractivity contribution in [2.24, 2.45) is 13.0 Å². The Morgan fingerprint density at radius 2 is 2.21 bits per heavy atom. The van der Waals surface area contributed by atoms with Crippen molar-refractivity contribution < 1.29 is 4.79 Å². The number of benzene rings is 1. The van der Waals surface area contributed by atoms with Crippen LogP contribution in [0.2, 0.25) is 0 Å². The lowest BCUT2D eigenvalue weighted by Gasteiger charge is -2.36. The van der Waals surface area contributed by atoms with Crippen molar-refractivity contribution in [2.45, 2.75) is 19.3 Å². The van der Waals surface area contributed by atoms with E-state index >= 15 is 0 Å². The minimum atomic E-state index is -0.0304. The third-order valence-corrected chi connectivity index (χ3v) is 5.45. The first-order valence-corrected chi connectivity index (χ1v) is 9.82. The Hall–Kier alpha value is -3.24. The second kappa shape index (κ2) is 8.02. The number of piperidine rings is 1. The number of hydrogen-bond donors (Lipinski definition) is 1. The van der Waals surface area contributed by atoms with E-state index < -0.39 is 0 Å². The first kappa shape index (κ1) is 19.1. The molecule has 1 fully saturated rings. The highest BCUT2D eigenvalue weighted by Gasteiger charge is 2.28. The van der Waals surface area contributed by atoms with Crippen molar-refractivity contribution in [2.75, 3.05) is 25.0 Å². The maximum absolute atomic E-state index is 12.5. The van der Waals surface area contributed by atoms with Crippen LogP contribution in [0.15, 0.2) is 42.9 Å². The van der Waals surface area contributed by atoms with Crippen molar-refractivity contribution in [1.82, 2.24) is 19.7 Å². The number of nitrogens with zero attached hydrogens (tertiary/aromatic N) is 5. The number of aryl methyl sites for hydroxylation is 1. The predicted molar refractivity (Wildman–Crippen MR) is 111 cm³/mol. The lowest BCUT2D eigenvalue weighted by Crippen LogP contribution is -2.42. The summed E-state index contributed by atoms with van der Waals surface area (Å²) in [5.74, 6) is 0.740. The maximum Gasteiger partial charge on any atom is 0.238 e. The molecule has 1 N–H and O–H groups in total. The van der Waals surface area contributed by atoms with Gasteiger partial charge >= 0.3 is 0 Å². The number of aromatic nitrogens is 3. The van der Waals surface area contributed by atoms with Crippen LogP contribution in [-0.2, 0) is 11.8 Å². The minimum Gasteiger partial charge on any atom is -0.322 e. The summed E-state index contributed by atoms with van der Waals surface area (Å²) in [6.07, 6.45) is 6.22. The zero-order valence-corrected chi connectivity index (χ0v) is 16.7. The first-order valence-electron chi connectivity index (χ1n) is 9.82. The molecule has 3 heterocycles. The van der Waals surface area contributed by atoms with Gasteiger partial charge in [0.1, 0.15) is 6.07 Å². The number of anilines is 1. The minimum absolute atomic E-state index is 0.0304. The van der Waals surface area contributed by atoms with E-state index in [1.807, 2.05) is 25.2 Å². The third kappa shape index (κ3) is 4.13. The molecule has 7 heteroatoms. The molecule has 1 saturated heterocycles. The standard InChI is InChI=1S/C22H24N6O/c1-15-8-17(19-6-5-16(9-23)22-20(19)4-3-7-24-22)12-28(11-15)14-21(29)26-18-10-25-27(2)13-18/h3-7,10,13,15,17H,8,11-12,14H2,1-2H3,(H,26,29)/t15-,17-/m1/s1. The van der Waals surface area contributed by atoms with Gasteiger partial charge in [0.25, 0.3) is 0 Å². The molecular weight excluding hydrogens is 364 g/mol. The lowest BCUT2D eigenvalue weighted by molar-refractivity contribution is -0.117. The van der Waals surface area contributed by atoms with Crippen molar-refractivity contribution in [3.05, 3.63) is 54.0 Å². The van der Waals surface area contributed by atoms with Gasteiger partial charge in [0.05, 0.1) is 29.5 Å². The topological polar surface area (TPSA) is 86.8 Å². The average molecular weight is 388 g/mol. The molecule has 0 spiro atoms. The van der Waals surface area contributed by atoms with Gasteiger partial charge < -0.3 is 5.32 Å². The highest BCUT2D eigenvalue weighted by atomic mass is 16.2. The molecule has 1 aliphatic rings. The van der Waals surface area contributed by atoms with Crippen LogP contribution in [0.5, 0.6) is 0 Å². The first-order chi connectivity index (χ1) is 14.0. The number of amides is 1. The van der Waals surface area contributed by atoms with Gasteiger partial charge in [-0.25, -0.2) is 0 Å². The molecule has 0 unspecified atom stereocenters. The molecule has 0 radical (unpaired) electrons. The molecule has 1 aliphatic heterocycles. The van der Waals surface area contributed by atoms with Crippen LogP contribution in [-0.4, -0.2) is 45.2 Å². The monoisotopic (exact) mass is 388 g/mol. The van der Waals surface area contributed by atoms with Crippen LogP contribution in [0.3, 0.4) is 0 Å². The van der Waals surface area contributed by atoms with Crippen LogP contribution in [0, 0.1) is 17.2 Å². The van der Waals surface area contributed by atoms with Crippen molar-refractivity contribution in [3.8, 4) is 6.07 Å². The Balaban J connectivity index is 1.53. The third-order valence-electron chi connectivity index (χ3n) is 5.45. The molecule has 4 rings (SSSR count). The van der Waals surface area contributed by atoms with Gasteiger partial charge in [-0.2, -0.15) is 10.4 Å². The zero-order chi connectivity index (χ0) is 20.4. The predicted octanol–water partition coefficient (Wildman–Crippen LogP) is 2.90. The molecule has 0 aliphatic carbocycles. The van der Waals surface area contributed by atoms with E-state index in [4.69, 9.17) is 0 Å². The molecule has 0 bridgehead atoms. The number of hydrogen-bond acceptors (Lipinski definition) is 5. The van der Waals surface area contributed by atoms with Crippen molar-refractivity contribution >= 4 is 22.5 Å². The Morgan fingerprint density at radius 1 is 1.34 bits per heavy atom. The van der Waals surface area contributed by atoms with E-state index in [0.29, 0.717) is 29.6 Å². The molecule has 0 saturated carbocycles. The van der Waals surface area contributed by atoms with Crippen LogP contribution >= 0.6 is 0 Å². The van der Waals surface area contributed by atoms with Crippen LogP contribution in [0.25, 0.3) is 10.9 Å². The summed E-state index contributed by atoms with van der Waals surface area (Å²) in [4.78, 5) is 19.1. The quantitative estimate of drug-likeness (QED) is 0.743. The molecular formula is C22H24N6O. The summed E-state index contributed by atoms with van der Waals surface area (Å²) in [6, 6.07) is 10.1. The Bertz CT molecular complexity index is 1080. The van der Waals surface area contributed by atoms with E-state index in [1.54, 1.807) is 23.3 Å². The number of nitriles is 1. The second-order valence-corrected chi connectivity index (χ2v) is 7.90. The summed E-state index contributed by atoms with van der Waals surface area (Å²) < 4.78 is 1.67. The molecule has 3 aromatic rings. The fourth-order valence-corrected chi connectivity index (χ4v) is 4.35. The smallest absolute Gasteiger partial charge is 0.238 e. The fourth-order valence-electron chi connectivity index (χ4n) is 4.35. The van der Waals surface area contributed by atoms with E-state index in [2.05, 4.69) is 39.4 Å².